The third-order valence-corrected chi connectivity index (χ3v) is 4.65. The molecule has 1 aromatic heterocycles. The van der Waals surface area contributed by atoms with Gasteiger partial charge in [-0.15, -0.1) is 0 Å². The lowest BCUT2D eigenvalue weighted by molar-refractivity contribution is -0.124. The van der Waals surface area contributed by atoms with Crippen LogP contribution in [-0.2, 0) is 14.4 Å². The number of hydrogen-bond acceptors (Lipinski definition) is 4. The van der Waals surface area contributed by atoms with E-state index in [-0.39, 0.29) is 36.9 Å². The maximum Gasteiger partial charge on any atom is 0.244 e. The first-order valence-electron chi connectivity index (χ1n) is 9.28. The largest absolute Gasteiger partial charge is 0.326 e. The summed E-state index contributed by atoms with van der Waals surface area (Å²) >= 11 is 0. The zero-order chi connectivity index (χ0) is 21.1. The molecular formula is C21H18FN5O3. The van der Waals surface area contributed by atoms with E-state index in [2.05, 4.69) is 15.6 Å². The van der Waals surface area contributed by atoms with E-state index in [1.165, 1.54) is 34.1 Å². The number of amides is 3. The SMILES string of the molecule is O=C(CCC(=O)N1CC(=O)Nc2ccccc21)Nc1ccc(-n2ccnc2)c(F)c1. The fourth-order valence-electron chi connectivity index (χ4n) is 3.23. The van der Waals surface area contributed by atoms with E-state index in [1.807, 2.05) is 0 Å². The second-order valence-corrected chi connectivity index (χ2v) is 6.73. The summed E-state index contributed by atoms with van der Waals surface area (Å²) in [7, 11) is 0. The Morgan fingerprint density at radius 3 is 2.73 bits per heavy atom. The molecule has 2 N–H and O–H groups in total. The molecule has 2 heterocycles. The Balaban J connectivity index is 1.37. The minimum absolute atomic E-state index is 0.0803. The average Bonchev–Trinajstić information content (AvgIpc) is 3.26. The molecule has 0 aliphatic carbocycles. The second-order valence-electron chi connectivity index (χ2n) is 6.73. The molecule has 0 unspecified atom stereocenters. The first kappa shape index (κ1) is 19.3. The van der Waals surface area contributed by atoms with Crippen LogP contribution in [0.3, 0.4) is 0 Å². The van der Waals surface area contributed by atoms with E-state index in [1.54, 1.807) is 36.5 Å². The molecule has 0 radical (unpaired) electrons. The molecule has 1 aliphatic rings. The Bertz CT molecular complexity index is 1110. The maximum absolute atomic E-state index is 14.3. The molecule has 2 aromatic carbocycles. The van der Waals surface area contributed by atoms with Crippen LogP contribution in [0.1, 0.15) is 12.8 Å². The molecule has 8 nitrogen and oxygen atoms in total. The minimum atomic E-state index is -0.516. The van der Waals surface area contributed by atoms with Crippen LogP contribution in [0, 0.1) is 5.82 Å². The first-order valence-corrected chi connectivity index (χ1v) is 9.28. The van der Waals surface area contributed by atoms with Crippen molar-refractivity contribution in [3.63, 3.8) is 0 Å². The number of halogens is 1. The number of nitrogens with zero attached hydrogens (tertiary/aromatic N) is 3. The van der Waals surface area contributed by atoms with Gasteiger partial charge in [0.05, 0.1) is 23.4 Å². The summed E-state index contributed by atoms with van der Waals surface area (Å²) in [5.74, 6) is -1.57. The Labute approximate surface area is 171 Å². The van der Waals surface area contributed by atoms with Crippen molar-refractivity contribution in [2.24, 2.45) is 0 Å². The smallest absolute Gasteiger partial charge is 0.244 e. The van der Waals surface area contributed by atoms with E-state index in [4.69, 9.17) is 0 Å². The zero-order valence-corrected chi connectivity index (χ0v) is 15.8. The van der Waals surface area contributed by atoms with Crippen molar-refractivity contribution >= 4 is 34.8 Å². The summed E-state index contributed by atoms with van der Waals surface area (Å²) in [5.41, 5.74) is 1.75. The summed E-state index contributed by atoms with van der Waals surface area (Å²) in [6, 6.07) is 11.3. The highest BCUT2D eigenvalue weighted by molar-refractivity contribution is 6.10. The lowest BCUT2D eigenvalue weighted by Crippen LogP contribution is -2.42. The summed E-state index contributed by atoms with van der Waals surface area (Å²) < 4.78 is 15.8. The highest BCUT2D eigenvalue weighted by Gasteiger charge is 2.26. The van der Waals surface area contributed by atoms with E-state index in [0.29, 0.717) is 17.1 Å². The Morgan fingerprint density at radius 2 is 1.97 bits per heavy atom. The monoisotopic (exact) mass is 407 g/mol. The lowest BCUT2D eigenvalue weighted by Gasteiger charge is -2.29. The van der Waals surface area contributed by atoms with Gasteiger partial charge >= 0.3 is 0 Å². The molecule has 30 heavy (non-hydrogen) atoms. The third-order valence-electron chi connectivity index (χ3n) is 4.65. The highest BCUT2D eigenvalue weighted by atomic mass is 19.1. The number of fused-ring (bicyclic) bond motifs is 1. The van der Waals surface area contributed by atoms with E-state index in [0.717, 1.165) is 0 Å². The number of imidazole rings is 1. The van der Waals surface area contributed by atoms with Gasteiger partial charge in [0.25, 0.3) is 0 Å². The number of para-hydroxylation sites is 2. The Kier molecular flexibility index (Phi) is 5.25. The summed E-state index contributed by atoms with van der Waals surface area (Å²) in [5, 5.41) is 5.30. The van der Waals surface area contributed by atoms with Gasteiger partial charge in [0.2, 0.25) is 17.7 Å². The molecule has 0 bridgehead atoms. The molecule has 9 heteroatoms. The molecule has 0 fully saturated rings. The second kappa shape index (κ2) is 8.16. The normalized spacial score (nSPS) is 12.8. The third kappa shape index (κ3) is 4.04. The maximum atomic E-state index is 14.3. The molecule has 3 amide bonds. The van der Waals surface area contributed by atoms with Gasteiger partial charge in [-0.2, -0.15) is 0 Å². The number of aromatic nitrogens is 2. The lowest BCUT2D eigenvalue weighted by atomic mass is 10.1. The van der Waals surface area contributed by atoms with Gasteiger partial charge < -0.3 is 20.1 Å². The van der Waals surface area contributed by atoms with Crippen molar-refractivity contribution in [1.29, 1.82) is 0 Å². The van der Waals surface area contributed by atoms with Crippen LogP contribution in [0.4, 0.5) is 21.5 Å². The molecule has 0 saturated carbocycles. The summed E-state index contributed by atoms with van der Waals surface area (Å²) in [4.78, 5) is 41.9. The van der Waals surface area contributed by atoms with Crippen molar-refractivity contribution in [1.82, 2.24) is 9.55 Å². The van der Waals surface area contributed by atoms with Gasteiger partial charge in [-0.3, -0.25) is 14.4 Å². The minimum Gasteiger partial charge on any atom is -0.326 e. The fraction of sp³-hybridized carbons (Fsp3) is 0.143. The number of carbonyl (C=O) groups is 3. The Hall–Kier alpha value is -4.01. The van der Waals surface area contributed by atoms with Crippen molar-refractivity contribution in [2.75, 3.05) is 22.1 Å². The molecule has 1 aliphatic heterocycles. The molecule has 152 valence electrons. The zero-order valence-electron chi connectivity index (χ0n) is 15.8. The van der Waals surface area contributed by atoms with Crippen molar-refractivity contribution < 1.29 is 18.8 Å². The summed E-state index contributed by atoms with van der Waals surface area (Å²) in [6.45, 7) is -0.0988. The van der Waals surface area contributed by atoms with Crippen LogP contribution < -0.4 is 15.5 Å². The quantitative estimate of drug-likeness (QED) is 0.680. The molecule has 0 spiro atoms. The molecular weight excluding hydrogens is 389 g/mol. The summed E-state index contributed by atoms with van der Waals surface area (Å²) in [6.07, 6.45) is 4.45. The molecule has 3 aromatic rings. The van der Waals surface area contributed by atoms with Gasteiger partial charge in [-0.1, -0.05) is 12.1 Å². The number of carbonyl (C=O) groups excluding carboxylic acids is 3. The van der Waals surface area contributed by atoms with E-state index >= 15 is 0 Å². The Morgan fingerprint density at radius 1 is 1.13 bits per heavy atom. The fourth-order valence-corrected chi connectivity index (χ4v) is 3.23. The number of benzene rings is 2. The molecule has 4 rings (SSSR count). The number of hydrogen-bond donors (Lipinski definition) is 2. The topological polar surface area (TPSA) is 96.3 Å². The van der Waals surface area contributed by atoms with Crippen LogP contribution in [-0.4, -0.2) is 33.8 Å². The van der Waals surface area contributed by atoms with E-state index < -0.39 is 11.7 Å². The van der Waals surface area contributed by atoms with Crippen molar-refractivity contribution in [2.45, 2.75) is 12.8 Å². The van der Waals surface area contributed by atoms with Gasteiger partial charge in [0.1, 0.15) is 12.4 Å². The number of anilines is 3. The average molecular weight is 407 g/mol. The van der Waals surface area contributed by atoms with Gasteiger partial charge in [0.15, 0.2) is 0 Å². The predicted molar refractivity (Wildman–Crippen MR) is 109 cm³/mol. The van der Waals surface area contributed by atoms with Gasteiger partial charge in [-0.05, 0) is 30.3 Å². The first-order chi connectivity index (χ1) is 14.5. The van der Waals surface area contributed by atoms with Crippen molar-refractivity contribution in [3.05, 3.63) is 67.0 Å². The van der Waals surface area contributed by atoms with E-state index in [9.17, 15) is 18.8 Å². The van der Waals surface area contributed by atoms with Crippen LogP contribution in [0.25, 0.3) is 5.69 Å². The predicted octanol–water partition coefficient (Wildman–Crippen LogP) is 2.72. The van der Waals surface area contributed by atoms with Crippen LogP contribution >= 0.6 is 0 Å². The van der Waals surface area contributed by atoms with Crippen LogP contribution in [0.2, 0.25) is 0 Å². The molecule has 0 atom stereocenters. The number of nitrogens with one attached hydrogen (secondary N) is 2. The van der Waals surface area contributed by atoms with Gasteiger partial charge in [-0.25, -0.2) is 9.37 Å². The van der Waals surface area contributed by atoms with Gasteiger partial charge in [0, 0.05) is 30.9 Å². The van der Waals surface area contributed by atoms with Crippen molar-refractivity contribution in [3.8, 4) is 5.69 Å². The number of rotatable bonds is 5. The van der Waals surface area contributed by atoms with Crippen LogP contribution in [0.15, 0.2) is 61.2 Å². The molecule has 0 saturated heterocycles. The highest BCUT2D eigenvalue weighted by Crippen LogP contribution is 2.29. The van der Waals surface area contributed by atoms with Crippen LogP contribution in [0.5, 0.6) is 0 Å². The standard InChI is InChI=1S/C21H18FN5O3/c22-15-11-14(5-6-17(15)26-10-9-23-13-26)24-19(28)7-8-21(30)27-12-20(29)25-16-3-1-2-4-18(16)27/h1-6,9-11,13H,7-8,12H2,(H,24,28)(H,25,29).